The Kier molecular flexibility index (Phi) is 5.82. The monoisotopic (exact) mass is 266 g/mol. The van der Waals surface area contributed by atoms with Crippen LogP contribution < -0.4 is 11.3 Å². The van der Waals surface area contributed by atoms with E-state index in [4.69, 9.17) is 15.7 Å². The van der Waals surface area contributed by atoms with E-state index in [2.05, 4.69) is 22.4 Å². The van der Waals surface area contributed by atoms with Gasteiger partial charge in [0.25, 0.3) is 0 Å². The zero-order chi connectivity index (χ0) is 13.5. The van der Waals surface area contributed by atoms with Gasteiger partial charge in [0, 0.05) is 32.4 Å². The SMILES string of the molecule is COCCC(Cc1ccn(C2CCCCC2)n1)NN. The summed E-state index contributed by atoms with van der Waals surface area (Å²) in [5, 5.41) is 4.71. The molecule has 0 bridgehead atoms. The molecule has 1 aliphatic carbocycles. The Morgan fingerprint density at radius 2 is 2.26 bits per heavy atom. The highest BCUT2D eigenvalue weighted by molar-refractivity contribution is 5.02. The number of ether oxygens (including phenoxy) is 1. The fourth-order valence-corrected chi connectivity index (χ4v) is 2.79. The molecule has 1 aromatic heterocycles. The average molecular weight is 266 g/mol. The van der Waals surface area contributed by atoms with Crippen LogP contribution in [0.5, 0.6) is 0 Å². The van der Waals surface area contributed by atoms with Crippen molar-refractivity contribution in [2.24, 2.45) is 5.84 Å². The smallest absolute Gasteiger partial charge is 0.0640 e. The molecule has 0 radical (unpaired) electrons. The van der Waals surface area contributed by atoms with Crippen LogP contribution in [0.25, 0.3) is 0 Å². The molecule has 1 heterocycles. The first-order valence-corrected chi connectivity index (χ1v) is 7.32. The van der Waals surface area contributed by atoms with E-state index in [9.17, 15) is 0 Å². The third-order valence-electron chi connectivity index (χ3n) is 3.97. The van der Waals surface area contributed by atoms with E-state index >= 15 is 0 Å². The number of nitrogens with zero attached hydrogens (tertiary/aromatic N) is 2. The lowest BCUT2D eigenvalue weighted by atomic mass is 9.96. The second kappa shape index (κ2) is 7.62. The number of hydrazine groups is 1. The van der Waals surface area contributed by atoms with Gasteiger partial charge >= 0.3 is 0 Å². The molecule has 3 N–H and O–H groups in total. The Morgan fingerprint density at radius 1 is 1.47 bits per heavy atom. The molecule has 1 aromatic rings. The first-order valence-electron chi connectivity index (χ1n) is 7.32. The van der Waals surface area contributed by atoms with Crippen molar-refractivity contribution in [2.75, 3.05) is 13.7 Å². The summed E-state index contributed by atoms with van der Waals surface area (Å²) in [4.78, 5) is 0. The molecule has 1 atom stereocenters. The Labute approximate surface area is 115 Å². The van der Waals surface area contributed by atoms with Gasteiger partial charge in [0.1, 0.15) is 0 Å². The minimum Gasteiger partial charge on any atom is -0.385 e. The van der Waals surface area contributed by atoms with Gasteiger partial charge in [-0.05, 0) is 25.3 Å². The summed E-state index contributed by atoms with van der Waals surface area (Å²) in [6.45, 7) is 0.720. The Balaban J connectivity index is 1.88. The van der Waals surface area contributed by atoms with E-state index in [1.54, 1.807) is 7.11 Å². The van der Waals surface area contributed by atoms with E-state index in [1.165, 1.54) is 32.1 Å². The third kappa shape index (κ3) is 4.30. The summed E-state index contributed by atoms with van der Waals surface area (Å²) in [5.41, 5.74) is 3.96. The summed E-state index contributed by atoms with van der Waals surface area (Å²) >= 11 is 0. The molecule has 1 saturated carbocycles. The second-order valence-electron chi connectivity index (χ2n) is 5.43. The standard InChI is InChI=1S/C14H26N4O/c1-19-10-8-12(16-15)11-13-7-9-18(17-13)14-5-3-2-4-6-14/h7,9,12,14,16H,2-6,8,10-11,15H2,1H3. The molecule has 0 aliphatic heterocycles. The van der Waals surface area contributed by atoms with Crippen LogP contribution in [-0.2, 0) is 11.2 Å². The molecule has 5 heteroatoms. The van der Waals surface area contributed by atoms with Gasteiger partial charge < -0.3 is 4.74 Å². The minimum atomic E-state index is 0.231. The molecular weight excluding hydrogens is 240 g/mol. The van der Waals surface area contributed by atoms with E-state index < -0.39 is 0 Å². The Hall–Kier alpha value is -0.910. The number of nitrogens with one attached hydrogen (secondary N) is 1. The first-order chi connectivity index (χ1) is 9.33. The van der Waals surface area contributed by atoms with Crippen molar-refractivity contribution in [2.45, 2.75) is 57.0 Å². The van der Waals surface area contributed by atoms with Crippen molar-refractivity contribution in [1.82, 2.24) is 15.2 Å². The largest absolute Gasteiger partial charge is 0.385 e. The van der Waals surface area contributed by atoms with Crippen LogP contribution in [0.3, 0.4) is 0 Å². The lowest BCUT2D eigenvalue weighted by Crippen LogP contribution is -2.37. The second-order valence-corrected chi connectivity index (χ2v) is 5.43. The van der Waals surface area contributed by atoms with Crippen LogP contribution >= 0.6 is 0 Å². The summed E-state index contributed by atoms with van der Waals surface area (Å²) in [5.74, 6) is 5.57. The van der Waals surface area contributed by atoms with Gasteiger partial charge in [-0.25, -0.2) is 0 Å². The highest BCUT2D eigenvalue weighted by Crippen LogP contribution is 2.27. The molecule has 1 fully saturated rings. The Morgan fingerprint density at radius 3 is 2.95 bits per heavy atom. The van der Waals surface area contributed by atoms with Crippen molar-refractivity contribution in [3.8, 4) is 0 Å². The maximum absolute atomic E-state index is 5.57. The number of methoxy groups -OCH3 is 1. The molecule has 0 aromatic carbocycles. The fraction of sp³-hybridized carbons (Fsp3) is 0.786. The van der Waals surface area contributed by atoms with Crippen LogP contribution in [0.4, 0.5) is 0 Å². The van der Waals surface area contributed by atoms with Crippen molar-refractivity contribution in [3.63, 3.8) is 0 Å². The topological polar surface area (TPSA) is 65.1 Å². The predicted molar refractivity (Wildman–Crippen MR) is 75.7 cm³/mol. The van der Waals surface area contributed by atoms with Crippen molar-refractivity contribution >= 4 is 0 Å². The van der Waals surface area contributed by atoms with E-state index in [0.29, 0.717) is 6.04 Å². The van der Waals surface area contributed by atoms with Crippen molar-refractivity contribution in [1.29, 1.82) is 0 Å². The van der Waals surface area contributed by atoms with Crippen molar-refractivity contribution in [3.05, 3.63) is 18.0 Å². The molecule has 19 heavy (non-hydrogen) atoms. The summed E-state index contributed by atoms with van der Waals surface area (Å²) in [7, 11) is 1.71. The molecule has 2 rings (SSSR count). The van der Waals surface area contributed by atoms with Crippen LogP contribution in [0.15, 0.2) is 12.3 Å². The molecule has 1 unspecified atom stereocenters. The number of nitrogens with two attached hydrogens (primary N) is 1. The summed E-state index contributed by atoms with van der Waals surface area (Å²) < 4.78 is 7.24. The molecule has 0 spiro atoms. The van der Waals surface area contributed by atoms with Crippen LogP contribution in [-0.4, -0.2) is 29.5 Å². The van der Waals surface area contributed by atoms with Gasteiger partial charge in [0.05, 0.1) is 11.7 Å². The molecule has 0 saturated heterocycles. The van der Waals surface area contributed by atoms with Crippen LogP contribution in [0.1, 0.15) is 50.3 Å². The van der Waals surface area contributed by atoms with Gasteiger partial charge in [-0.15, -0.1) is 0 Å². The van der Waals surface area contributed by atoms with E-state index in [-0.39, 0.29) is 6.04 Å². The number of rotatable bonds is 7. The molecule has 5 nitrogen and oxygen atoms in total. The summed E-state index contributed by atoms with van der Waals surface area (Å²) in [6, 6.07) is 2.95. The van der Waals surface area contributed by atoms with E-state index in [0.717, 1.165) is 25.1 Å². The van der Waals surface area contributed by atoms with Crippen LogP contribution in [0, 0.1) is 0 Å². The highest BCUT2D eigenvalue weighted by Gasteiger charge is 2.17. The lowest BCUT2D eigenvalue weighted by Gasteiger charge is -2.22. The predicted octanol–water partition coefficient (Wildman–Crippen LogP) is 1.80. The Bertz CT molecular complexity index is 360. The van der Waals surface area contributed by atoms with E-state index in [1.807, 2.05) is 0 Å². The maximum Gasteiger partial charge on any atom is 0.0640 e. The molecule has 0 amide bonds. The zero-order valence-electron chi connectivity index (χ0n) is 11.8. The third-order valence-corrected chi connectivity index (χ3v) is 3.97. The maximum atomic E-state index is 5.57. The normalized spacial score (nSPS) is 18.6. The van der Waals surface area contributed by atoms with Gasteiger partial charge in [-0.1, -0.05) is 19.3 Å². The van der Waals surface area contributed by atoms with Gasteiger partial charge in [-0.3, -0.25) is 16.0 Å². The number of aromatic nitrogens is 2. The molecule has 1 aliphatic rings. The quantitative estimate of drug-likeness (QED) is 0.583. The zero-order valence-corrected chi connectivity index (χ0v) is 11.8. The molecule has 108 valence electrons. The van der Waals surface area contributed by atoms with Crippen LogP contribution in [0.2, 0.25) is 0 Å². The summed E-state index contributed by atoms with van der Waals surface area (Å²) in [6.07, 6.45) is 10.5. The number of hydrogen-bond acceptors (Lipinski definition) is 4. The van der Waals surface area contributed by atoms with Crippen molar-refractivity contribution < 1.29 is 4.74 Å². The van der Waals surface area contributed by atoms with Gasteiger partial charge in [0.2, 0.25) is 0 Å². The van der Waals surface area contributed by atoms with Gasteiger partial charge in [0.15, 0.2) is 0 Å². The lowest BCUT2D eigenvalue weighted by molar-refractivity contribution is 0.182. The first kappa shape index (κ1) is 14.5. The number of hydrogen-bond donors (Lipinski definition) is 2. The average Bonchev–Trinajstić information content (AvgIpc) is 2.93. The fourth-order valence-electron chi connectivity index (χ4n) is 2.79. The van der Waals surface area contributed by atoms with Gasteiger partial charge in [-0.2, -0.15) is 5.10 Å². The minimum absolute atomic E-state index is 0.231. The molecular formula is C14H26N4O. The highest BCUT2D eigenvalue weighted by atomic mass is 16.5.